The number of aromatic nitrogens is 3. The molecule has 0 saturated heterocycles. The van der Waals surface area contributed by atoms with E-state index in [1.54, 1.807) is 47.6 Å². The molecule has 0 N–H and O–H groups in total. The zero-order chi connectivity index (χ0) is 27.8. The van der Waals surface area contributed by atoms with E-state index in [9.17, 15) is 14.9 Å². The van der Waals surface area contributed by atoms with Crippen LogP contribution < -0.4 is 9.64 Å². The fourth-order valence-corrected chi connectivity index (χ4v) is 3.95. The fourth-order valence-electron chi connectivity index (χ4n) is 3.95. The minimum Gasteiger partial charge on any atom is -0.496 e. The van der Waals surface area contributed by atoms with Crippen LogP contribution in [-0.2, 0) is 9.47 Å². The van der Waals surface area contributed by atoms with E-state index in [1.807, 2.05) is 36.4 Å². The zero-order valence-electron chi connectivity index (χ0n) is 22.4. The topological polar surface area (TPSA) is 119 Å². The van der Waals surface area contributed by atoms with Crippen LogP contribution in [0.3, 0.4) is 0 Å². The van der Waals surface area contributed by atoms with Crippen LogP contribution in [0, 0.1) is 11.3 Å². The molecule has 0 bridgehead atoms. The molecule has 38 heavy (non-hydrogen) atoms. The van der Waals surface area contributed by atoms with Crippen LogP contribution in [0.5, 0.6) is 5.75 Å². The molecule has 0 saturated carbocycles. The number of benzene rings is 2. The average Bonchev–Trinajstić information content (AvgIpc) is 3.25. The maximum Gasteiger partial charge on any atom is 0.425 e. The van der Waals surface area contributed by atoms with Crippen molar-refractivity contribution in [3.8, 4) is 22.9 Å². The summed E-state index contributed by atoms with van der Waals surface area (Å²) >= 11 is 0. The van der Waals surface area contributed by atoms with Gasteiger partial charge in [-0.25, -0.2) is 14.6 Å². The van der Waals surface area contributed by atoms with E-state index in [2.05, 4.69) is 10.1 Å². The first kappa shape index (κ1) is 26.4. The summed E-state index contributed by atoms with van der Waals surface area (Å²) in [6, 6.07) is 13.4. The van der Waals surface area contributed by atoms with Gasteiger partial charge in [-0.2, -0.15) is 19.8 Å². The molecule has 2 heterocycles. The lowest BCUT2D eigenvalue weighted by Gasteiger charge is -2.29. The first-order valence-corrected chi connectivity index (χ1v) is 11.9. The SMILES string of the molecule is COc1ccc2ccccc2c1-c1cnc2c(C#N)cnn2c1N(C(=O)OC(C)(C)C)C(=O)OC(C)(C)C. The Morgan fingerprint density at radius 2 is 1.58 bits per heavy atom. The minimum atomic E-state index is -0.978. The molecule has 10 heteroatoms. The number of rotatable bonds is 3. The average molecular weight is 516 g/mol. The van der Waals surface area contributed by atoms with Crippen LogP contribution in [0.4, 0.5) is 15.4 Å². The Balaban J connectivity index is 2.13. The van der Waals surface area contributed by atoms with Gasteiger partial charge in [0.15, 0.2) is 11.5 Å². The number of amides is 2. The van der Waals surface area contributed by atoms with Gasteiger partial charge in [0.25, 0.3) is 0 Å². The Hall–Kier alpha value is -4.65. The lowest BCUT2D eigenvalue weighted by atomic mass is 9.98. The molecule has 2 aromatic heterocycles. The fraction of sp³-hybridized carbons (Fsp3) is 0.321. The van der Waals surface area contributed by atoms with Gasteiger partial charge in [0.05, 0.1) is 13.3 Å². The number of carbonyl (C=O) groups excluding carboxylic acids is 2. The van der Waals surface area contributed by atoms with Crippen molar-refractivity contribution >= 4 is 34.4 Å². The van der Waals surface area contributed by atoms with Crippen molar-refractivity contribution in [1.82, 2.24) is 14.6 Å². The molecule has 196 valence electrons. The third-order valence-electron chi connectivity index (χ3n) is 5.37. The molecule has 2 aromatic carbocycles. The molecule has 0 aliphatic carbocycles. The van der Waals surface area contributed by atoms with Gasteiger partial charge in [0.2, 0.25) is 0 Å². The third kappa shape index (κ3) is 5.09. The number of methoxy groups -OCH3 is 1. The maximum atomic E-state index is 13.7. The molecule has 0 radical (unpaired) electrons. The monoisotopic (exact) mass is 515 g/mol. The maximum absolute atomic E-state index is 13.7. The molecule has 0 atom stereocenters. The largest absolute Gasteiger partial charge is 0.496 e. The number of imide groups is 1. The highest BCUT2D eigenvalue weighted by Gasteiger charge is 2.37. The Labute approximate surface area is 220 Å². The molecule has 10 nitrogen and oxygen atoms in total. The second-order valence-corrected chi connectivity index (χ2v) is 10.6. The molecule has 0 aliphatic rings. The van der Waals surface area contributed by atoms with E-state index >= 15 is 0 Å². The van der Waals surface area contributed by atoms with Crippen molar-refractivity contribution in [2.45, 2.75) is 52.7 Å². The number of carbonyl (C=O) groups is 2. The molecule has 0 spiro atoms. The van der Waals surface area contributed by atoms with Gasteiger partial charge in [-0.3, -0.25) is 0 Å². The number of ether oxygens (including phenoxy) is 3. The Morgan fingerprint density at radius 3 is 2.16 bits per heavy atom. The van der Waals surface area contributed by atoms with Gasteiger partial charge < -0.3 is 14.2 Å². The summed E-state index contributed by atoms with van der Waals surface area (Å²) in [6.45, 7) is 10.1. The molecular formula is C28H29N5O5. The first-order valence-electron chi connectivity index (χ1n) is 11.9. The van der Waals surface area contributed by atoms with Crippen LogP contribution in [0.2, 0.25) is 0 Å². The molecular weight excluding hydrogens is 486 g/mol. The molecule has 0 unspecified atom stereocenters. The standard InChI is InChI=1S/C28H29N5O5/c1-27(2,3)37-25(34)32(26(35)38-28(4,5)6)24-20(16-30-23-18(14-29)15-31-33(23)24)22-19-11-9-8-10-17(19)12-13-21(22)36-7/h8-13,15-16H,1-7H3. The van der Waals surface area contributed by atoms with E-state index in [-0.39, 0.29) is 17.0 Å². The number of nitriles is 1. The van der Waals surface area contributed by atoms with Gasteiger partial charge in [-0.05, 0) is 58.4 Å². The third-order valence-corrected chi connectivity index (χ3v) is 5.37. The first-order chi connectivity index (χ1) is 17.8. The van der Waals surface area contributed by atoms with E-state index in [0.717, 1.165) is 15.7 Å². The number of nitrogens with zero attached hydrogens (tertiary/aromatic N) is 5. The van der Waals surface area contributed by atoms with Gasteiger partial charge >= 0.3 is 12.2 Å². The number of hydrogen-bond donors (Lipinski definition) is 0. The smallest absolute Gasteiger partial charge is 0.425 e. The Morgan fingerprint density at radius 1 is 0.947 bits per heavy atom. The highest BCUT2D eigenvalue weighted by Crippen LogP contribution is 2.42. The van der Waals surface area contributed by atoms with Crippen molar-refractivity contribution in [3.05, 3.63) is 54.4 Å². The Bertz CT molecular complexity index is 1560. The van der Waals surface area contributed by atoms with Crippen LogP contribution in [0.15, 0.2) is 48.8 Å². The molecule has 0 fully saturated rings. The van der Waals surface area contributed by atoms with Crippen molar-refractivity contribution < 1.29 is 23.8 Å². The summed E-state index contributed by atoms with van der Waals surface area (Å²) in [5.41, 5.74) is -0.624. The van der Waals surface area contributed by atoms with Crippen molar-refractivity contribution in [3.63, 3.8) is 0 Å². The van der Waals surface area contributed by atoms with E-state index in [1.165, 1.54) is 24.0 Å². The molecule has 0 aliphatic heterocycles. The van der Waals surface area contributed by atoms with Gasteiger partial charge in [0, 0.05) is 17.3 Å². The predicted molar refractivity (Wildman–Crippen MR) is 142 cm³/mol. The van der Waals surface area contributed by atoms with E-state index in [0.29, 0.717) is 16.9 Å². The highest BCUT2D eigenvalue weighted by molar-refractivity contribution is 6.13. The summed E-state index contributed by atoms with van der Waals surface area (Å²) < 4.78 is 18.2. The minimum absolute atomic E-state index is 0.00495. The quantitative estimate of drug-likeness (QED) is 0.321. The second kappa shape index (κ2) is 9.67. The van der Waals surface area contributed by atoms with E-state index < -0.39 is 23.4 Å². The van der Waals surface area contributed by atoms with Crippen LogP contribution in [0.1, 0.15) is 47.1 Å². The summed E-state index contributed by atoms with van der Waals surface area (Å²) in [7, 11) is 1.53. The van der Waals surface area contributed by atoms with Crippen LogP contribution >= 0.6 is 0 Å². The summed E-state index contributed by atoms with van der Waals surface area (Å²) in [5, 5.41) is 15.6. The zero-order valence-corrected chi connectivity index (χ0v) is 22.4. The number of fused-ring (bicyclic) bond motifs is 2. The molecule has 2 amide bonds. The summed E-state index contributed by atoms with van der Waals surface area (Å²) in [4.78, 5) is 32.6. The van der Waals surface area contributed by atoms with Crippen LogP contribution in [0.25, 0.3) is 27.5 Å². The normalized spacial score (nSPS) is 11.7. The lowest BCUT2D eigenvalue weighted by molar-refractivity contribution is 0.0428. The number of anilines is 1. The Kier molecular flexibility index (Phi) is 6.72. The van der Waals surface area contributed by atoms with Gasteiger partial charge in [-0.15, -0.1) is 0 Å². The van der Waals surface area contributed by atoms with Crippen molar-refractivity contribution in [1.29, 1.82) is 5.26 Å². The highest BCUT2D eigenvalue weighted by atomic mass is 16.6. The van der Waals surface area contributed by atoms with Crippen LogP contribution in [-0.4, -0.2) is 45.1 Å². The van der Waals surface area contributed by atoms with Crippen molar-refractivity contribution in [2.24, 2.45) is 0 Å². The van der Waals surface area contributed by atoms with Gasteiger partial charge in [0.1, 0.15) is 28.6 Å². The van der Waals surface area contributed by atoms with Gasteiger partial charge in [-0.1, -0.05) is 30.3 Å². The van der Waals surface area contributed by atoms with E-state index in [4.69, 9.17) is 14.2 Å². The van der Waals surface area contributed by atoms with Crippen molar-refractivity contribution in [2.75, 3.05) is 12.0 Å². The lowest BCUT2D eigenvalue weighted by Crippen LogP contribution is -2.45. The second-order valence-electron chi connectivity index (χ2n) is 10.6. The molecule has 4 rings (SSSR count). The summed E-state index contributed by atoms with van der Waals surface area (Å²) in [5.74, 6) is 0.474. The number of hydrogen-bond acceptors (Lipinski definition) is 8. The molecule has 4 aromatic rings. The predicted octanol–water partition coefficient (Wildman–Crippen LogP) is 6.11. The summed E-state index contributed by atoms with van der Waals surface area (Å²) in [6.07, 6.45) is 0.847.